The van der Waals surface area contributed by atoms with Crippen LogP contribution in [0.5, 0.6) is 0 Å². The number of benzene rings is 1. The molecule has 1 unspecified atom stereocenters. The molecule has 1 atom stereocenters. The van der Waals surface area contributed by atoms with Crippen LogP contribution in [0.2, 0.25) is 0 Å². The Hall–Kier alpha value is -1.63. The zero-order valence-electron chi connectivity index (χ0n) is 11.0. The number of nitrogens with zero attached hydrogens (tertiary/aromatic N) is 1. The maximum absolute atomic E-state index is 10.1. The summed E-state index contributed by atoms with van der Waals surface area (Å²) in [4.78, 5) is 4.45. The number of rotatable bonds is 4. The standard InChI is InChI=1S/C14H15N3OS2/c1-8-17-12-5-11(10(15)4-14(12)20-8)16-6-13(18)9-2-3-19-7-9/h2-5,7,13,16,18H,6,15H2,1H3. The van der Waals surface area contributed by atoms with E-state index in [2.05, 4.69) is 10.3 Å². The average Bonchev–Trinajstić information content (AvgIpc) is 3.03. The van der Waals surface area contributed by atoms with Crippen molar-refractivity contribution in [3.05, 3.63) is 39.5 Å². The fourth-order valence-corrected chi connectivity index (χ4v) is 3.61. The van der Waals surface area contributed by atoms with Crippen molar-refractivity contribution in [1.29, 1.82) is 0 Å². The Morgan fingerprint density at radius 2 is 2.30 bits per heavy atom. The molecule has 104 valence electrons. The van der Waals surface area contributed by atoms with Gasteiger partial charge in [0.2, 0.25) is 0 Å². The van der Waals surface area contributed by atoms with Gasteiger partial charge in [-0.15, -0.1) is 11.3 Å². The van der Waals surface area contributed by atoms with Gasteiger partial charge in [0.15, 0.2) is 0 Å². The summed E-state index contributed by atoms with van der Waals surface area (Å²) in [5.41, 5.74) is 9.40. The van der Waals surface area contributed by atoms with Gasteiger partial charge in [-0.2, -0.15) is 11.3 Å². The second-order valence-corrected chi connectivity index (χ2v) is 6.61. The third-order valence-corrected chi connectivity index (χ3v) is 4.72. The quantitative estimate of drug-likeness (QED) is 0.646. The number of fused-ring (bicyclic) bond motifs is 1. The van der Waals surface area contributed by atoms with Crippen LogP contribution in [0.4, 0.5) is 11.4 Å². The van der Waals surface area contributed by atoms with Gasteiger partial charge in [-0.05, 0) is 41.4 Å². The molecule has 20 heavy (non-hydrogen) atoms. The number of hydrogen-bond acceptors (Lipinski definition) is 6. The van der Waals surface area contributed by atoms with Crippen LogP contribution in [0.25, 0.3) is 10.2 Å². The molecule has 4 N–H and O–H groups in total. The Balaban J connectivity index is 1.78. The monoisotopic (exact) mass is 305 g/mol. The van der Waals surface area contributed by atoms with Gasteiger partial charge in [0, 0.05) is 6.54 Å². The maximum Gasteiger partial charge on any atom is 0.0970 e. The van der Waals surface area contributed by atoms with E-state index in [1.807, 2.05) is 35.9 Å². The van der Waals surface area contributed by atoms with Crippen molar-refractivity contribution in [3.8, 4) is 0 Å². The number of aryl methyl sites for hydroxylation is 1. The first-order chi connectivity index (χ1) is 9.63. The molecular weight excluding hydrogens is 290 g/mol. The number of hydrogen-bond donors (Lipinski definition) is 3. The Bertz CT molecular complexity index is 721. The number of thiophene rings is 1. The summed E-state index contributed by atoms with van der Waals surface area (Å²) in [6.07, 6.45) is -0.534. The number of aromatic nitrogens is 1. The second-order valence-electron chi connectivity index (χ2n) is 4.59. The highest BCUT2D eigenvalue weighted by molar-refractivity contribution is 7.18. The summed E-state index contributed by atoms with van der Waals surface area (Å²) >= 11 is 3.21. The average molecular weight is 305 g/mol. The van der Waals surface area contributed by atoms with Crippen LogP contribution in [-0.2, 0) is 0 Å². The Morgan fingerprint density at radius 1 is 1.45 bits per heavy atom. The van der Waals surface area contributed by atoms with Crippen LogP contribution in [-0.4, -0.2) is 16.6 Å². The molecule has 0 fully saturated rings. The van der Waals surface area contributed by atoms with Gasteiger partial charge in [0.1, 0.15) is 0 Å². The van der Waals surface area contributed by atoms with E-state index < -0.39 is 6.10 Å². The number of aliphatic hydroxyl groups excluding tert-OH is 1. The number of aliphatic hydroxyl groups is 1. The SMILES string of the molecule is Cc1nc2cc(NCC(O)c3ccsc3)c(N)cc2s1. The maximum atomic E-state index is 10.1. The van der Waals surface area contributed by atoms with Crippen molar-refractivity contribution < 1.29 is 5.11 Å². The molecule has 2 heterocycles. The lowest BCUT2D eigenvalue weighted by Gasteiger charge is -2.13. The van der Waals surface area contributed by atoms with E-state index in [9.17, 15) is 5.11 Å². The molecule has 0 aliphatic rings. The van der Waals surface area contributed by atoms with Crippen LogP contribution < -0.4 is 11.1 Å². The largest absolute Gasteiger partial charge is 0.397 e. The van der Waals surface area contributed by atoms with Gasteiger partial charge in [-0.1, -0.05) is 0 Å². The van der Waals surface area contributed by atoms with Crippen molar-refractivity contribution in [2.24, 2.45) is 0 Å². The molecule has 0 spiro atoms. The van der Waals surface area contributed by atoms with Gasteiger partial charge in [-0.3, -0.25) is 0 Å². The van der Waals surface area contributed by atoms with E-state index in [-0.39, 0.29) is 0 Å². The highest BCUT2D eigenvalue weighted by Crippen LogP contribution is 2.30. The lowest BCUT2D eigenvalue weighted by Crippen LogP contribution is -2.12. The number of thiazole rings is 1. The first-order valence-electron chi connectivity index (χ1n) is 6.24. The minimum absolute atomic E-state index is 0.426. The number of anilines is 2. The number of nitrogen functional groups attached to an aromatic ring is 1. The summed E-state index contributed by atoms with van der Waals surface area (Å²) in [5.74, 6) is 0. The fourth-order valence-electron chi connectivity index (χ4n) is 2.05. The van der Waals surface area contributed by atoms with Crippen LogP contribution in [0.3, 0.4) is 0 Å². The minimum Gasteiger partial charge on any atom is -0.397 e. The van der Waals surface area contributed by atoms with E-state index in [0.29, 0.717) is 12.2 Å². The highest BCUT2D eigenvalue weighted by atomic mass is 32.1. The van der Waals surface area contributed by atoms with Crippen LogP contribution in [0.1, 0.15) is 16.7 Å². The zero-order valence-corrected chi connectivity index (χ0v) is 12.6. The zero-order chi connectivity index (χ0) is 14.1. The molecule has 4 nitrogen and oxygen atoms in total. The third kappa shape index (κ3) is 2.63. The van der Waals surface area contributed by atoms with E-state index in [4.69, 9.17) is 5.73 Å². The predicted octanol–water partition coefficient (Wildman–Crippen LogP) is 3.39. The van der Waals surface area contributed by atoms with Crippen LogP contribution in [0.15, 0.2) is 29.0 Å². The molecule has 0 radical (unpaired) electrons. The lowest BCUT2D eigenvalue weighted by molar-refractivity contribution is 0.192. The van der Waals surface area contributed by atoms with Crippen molar-refractivity contribution in [1.82, 2.24) is 4.98 Å². The molecule has 0 aliphatic heterocycles. The molecule has 0 saturated carbocycles. The van der Waals surface area contributed by atoms with Gasteiger partial charge in [0.25, 0.3) is 0 Å². The van der Waals surface area contributed by atoms with Crippen LogP contribution in [0, 0.1) is 6.92 Å². The summed E-state index contributed by atoms with van der Waals surface area (Å²) in [7, 11) is 0. The molecule has 1 aromatic carbocycles. The molecule has 6 heteroatoms. The summed E-state index contributed by atoms with van der Waals surface area (Å²) in [5, 5.41) is 18.2. The first kappa shape index (κ1) is 13.4. The molecule has 2 aromatic heterocycles. The summed E-state index contributed by atoms with van der Waals surface area (Å²) in [6.45, 7) is 2.41. The highest BCUT2D eigenvalue weighted by Gasteiger charge is 2.10. The third-order valence-electron chi connectivity index (χ3n) is 3.08. The summed E-state index contributed by atoms with van der Waals surface area (Å²) < 4.78 is 1.09. The Labute approximate surface area is 124 Å². The Kier molecular flexibility index (Phi) is 3.60. The van der Waals surface area contributed by atoms with E-state index >= 15 is 0 Å². The molecular formula is C14H15N3OS2. The molecule has 3 aromatic rings. The molecule has 0 saturated heterocycles. The topological polar surface area (TPSA) is 71.2 Å². The predicted molar refractivity (Wildman–Crippen MR) is 86.5 cm³/mol. The van der Waals surface area contributed by atoms with Crippen molar-refractivity contribution in [2.75, 3.05) is 17.6 Å². The van der Waals surface area contributed by atoms with Gasteiger partial charge in [0.05, 0.1) is 32.7 Å². The first-order valence-corrected chi connectivity index (χ1v) is 8.00. The molecule has 0 aliphatic carbocycles. The van der Waals surface area contributed by atoms with Gasteiger partial charge < -0.3 is 16.2 Å². The van der Waals surface area contributed by atoms with E-state index in [1.165, 1.54) is 0 Å². The Morgan fingerprint density at radius 3 is 3.05 bits per heavy atom. The normalized spacial score (nSPS) is 12.7. The summed E-state index contributed by atoms with van der Waals surface area (Å²) in [6, 6.07) is 5.79. The van der Waals surface area contributed by atoms with Gasteiger partial charge in [-0.25, -0.2) is 4.98 Å². The van der Waals surface area contributed by atoms with Crippen molar-refractivity contribution in [2.45, 2.75) is 13.0 Å². The number of nitrogens with two attached hydrogens (primary N) is 1. The van der Waals surface area contributed by atoms with Crippen molar-refractivity contribution in [3.63, 3.8) is 0 Å². The molecule has 3 rings (SSSR count). The molecule has 0 bridgehead atoms. The number of nitrogens with one attached hydrogen (secondary N) is 1. The van der Waals surface area contributed by atoms with Crippen LogP contribution >= 0.6 is 22.7 Å². The smallest absolute Gasteiger partial charge is 0.0970 e. The van der Waals surface area contributed by atoms with E-state index in [0.717, 1.165) is 26.5 Å². The van der Waals surface area contributed by atoms with E-state index in [1.54, 1.807) is 22.7 Å². The van der Waals surface area contributed by atoms with Crippen molar-refractivity contribution >= 4 is 44.3 Å². The molecule has 0 amide bonds. The minimum atomic E-state index is -0.534. The van der Waals surface area contributed by atoms with Gasteiger partial charge >= 0.3 is 0 Å². The second kappa shape index (κ2) is 5.40. The fraction of sp³-hybridized carbons (Fsp3) is 0.214. The lowest BCUT2D eigenvalue weighted by atomic mass is 10.2.